The van der Waals surface area contributed by atoms with E-state index in [1.54, 1.807) is 0 Å². The molecule has 1 N–H and O–H groups in total. The monoisotopic (exact) mass is 739 g/mol. The highest BCUT2D eigenvalue weighted by atomic mass is 19.4. The van der Waals surface area contributed by atoms with Crippen molar-refractivity contribution in [2.24, 2.45) is 0 Å². The van der Waals surface area contributed by atoms with Crippen molar-refractivity contribution < 1.29 is 116 Å². The van der Waals surface area contributed by atoms with E-state index in [1.807, 2.05) is 0 Å². The zero-order valence-electron chi connectivity index (χ0n) is 21.8. The lowest BCUT2D eigenvalue weighted by molar-refractivity contribution is -0.884. The van der Waals surface area contributed by atoms with Crippen molar-refractivity contribution in [3.05, 3.63) is 0 Å². The molecule has 0 aliphatic carbocycles. The third kappa shape index (κ3) is 7.09. The van der Waals surface area contributed by atoms with E-state index >= 15 is 0 Å². The lowest BCUT2D eigenvalue weighted by Crippen LogP contribution is -2.80. The van der Waals surface area contributed by atoms with Gasteiger partial charge in [0.1, 0.15) is 6.54 Å². The van der Waals surface area contributed by atoms with E-state index in [9.17, 15) is 111 Å². The van der Waals surface area contributed by atoms with Gasteiger partial charge in [-0.05, 0) is 0 Å². The number of quaternary nitrogens is 1. The molecular formula is C18H15F22N3O3. The summed E-state index contributed by atoms with van der Waals surface area (Å²) in [4.78, 5) is 16.7. The Kier molecular flexibility index (Phi) is 11.4. The summed E-state index contributed by atoms with van der Waals surface area (Å²) in [7, 11) is 2.05. The van der Waals surface area contributed by atoms with Crippen molar-refractivity contribution >= 4 is 11.9 Å². The van der Waals surface area contributed by atoms with Crippen molar-refractivity contribution in [1.29, 1.82) is 0 Å². The Morgan fingerprint density at radius 2 is 0.913 bits per heavy atom. The van der Waals surface area contributed by atoms with Gasteiger partial charge in [-0.25, -0.2) is 0 Å². The van der Waals surface area contributed by atoms with Gasteiger partial charge >= 0.3 is 60.1 Å². The summed E-state index contributed by atoms with van der Waals surface area (Å²) >= 11 is 0. The van der Waals surface area contributed by atoms with E-state index in [-0.39, 0.29) is 0 Å². The van der Waals surface area contributed by atoms with Gasteiger partial charge in [-0.2, -0.15) is 96.6 Å². The quantitative estimate of drug-likeness (QED) is 0.115. The van der Waals surface area contributed by atoms with Gasteiger partial charge in [0.05, 0.1) is 26.6 Å². The maximum Gasteiger partial charge on any atom is 0.460 e. The largest absolute Gasteiger partial charge is 0.544 e. The average Bonchev–Trinajstić information content (AvgIpc) is 2.78. The number of likely N-dealkylation sites (N-methyl/N-ethyl adjacent to an activating group) is 1. The molecule has 0 rings (SSSR count). The number of carbonyl (C=O) groups is 2. The zero-order chi connectivity index (χ0) is 37.8. The molecule has 0 aliphatic rings. The van der Waals surface area contributed by atoms with Gasteiger partial charge < -0.3 is 19.7 Å². The Labute approximate surface area is 239 Å². The van der Waals surface area contributed by atoms with Crippen LogP contribution in [0, 0.1) is 0 Å². The van der Waals surface area contributed by atoms with Gasteiger partial charge in [0.25, 0.3) is 5.91 Å². The van der Waals surface area contributed by atoms with Crippen LogP contribution < -0.4 is 10.4 Å². The van der Waals surface area contributed by atoms with E-state index in [4.69, 9.17) is 0 Å². The molecule has 0 radical (unpaired) electrons. The predicted molar refractivity (Wildman–Crippen MR) is 98.0 cm³/mol. The molecule has 0 unspecified atom stereocenters. The summed E-state index contributed by atoms with van der Waals surface area (Å²) in [6, 6.07) is -27.5. The number of nitrogens with zero attached hydrogens (tertiary/aromatic N) is 2. The second kappa shape index (κ2) is 12.1. The summed E-state index contributed by atoms with van der Waals surface area (Å²) < 4.78 is 296. The number of amides is 1. The summed E-state index contributed by atoms with van der Waals surface area (Å²) in [5.41, 5.74) is 0. The lowest BCUT2D eigenvalue weighted by Gasteiger charge is -2.48. The number of carbonyl (C=O) groups excluding carboxylic acids is 2. The van der Waals surface area contributed by atoms with Crippen LogP contribution in [0.1, 0.15) is 6.42 Å². The number of carboxylic acids is 1. The molecule has 274 valence electrons. The molecule has 0 aromatic heterocycles. The standard InChI is InChI=1S/C18H15F22N3O3/c1-43(2,6-7(44)45)5-3-4-41-8(46)9(19,20)16(35,36)42(17(37,38)12(25,26)10(21,22)14(29,30)31)18(39,40)13(27,28)11(23,24)15(32,33)34/h3-6H2,1-2H3,(H-,41,44,45,46). The van der Waals surface area contributed by atoms with Crippen LogP contribution in [0.3, 0.4) is 0 Å². The fourth-order valence-electron chi connectivity index (χ4n) is 3.07. The lowest BCUT2D eigenvalue weighted by atomic mass is 10.0. The summed E-state index contributed by atoms with van der Waals surface area (Å²) in [6.45, 7) is -3.05. The van der Waals surface area contributed by atoms with E-state index < -0.39 is 107 Å². The fourth-order valence-corrected chi connectivity index (χ4v) is 3.07. The van der Waals surface area contributed by atoms with Crippen LogP contribution in [0.2, 0.25) is 0 Å². The third-order valence-electron chi connectivity index (χ3n) is 5.54. The van der Waals surface area contributed by atoms with Crippen LogP contribution in [-0.4, -0.2) is 115 Å². The van der Waals surface area contributed by atoms with Gasteiger partial charge in [0.15, 0.2) is 0 Å². The third-order valence-corrected chi connectivity index (χ3v) is 5.54. The van der Waals surface area contributed by atoms with Crippen LogP contribution in [0.4, 0.5) is 96.6 Å². The molecule has 6 nitrogen and oxygen atoms in total. The molecule has 0 spiro atoms. The molecule has 46 heavy (non-hydrogen) atoms. The van der Waals surface area contributed by atoms with Crippen molar-refractivity contribution in [2.45, 2.75) is 66.5 Å². The van der Waals surface area contributed by atoms with Gasteiger partial charge in [0, 0.05) is 13.0 Å². The topological polar surface area (TPSA) is 72.5 Å². The first-order valence-electron chi connectivity index (χ1n) is 10.9. The number of carboxylic acid groups (broad SMARTS) is 1. The minimum atomic E-state index is -9.33. The van der Waals surface area contributed by atoms with E-state index in [0.29, 0.717) is 5.32 Å². The molecule has 0 aromatic carbocycles. The van der Waals surface area contributed by atoms with Crippen LogP contribution in [0.5, 0.6) is 0 Å². The van der Waals surface area contributed by atoms with Gasteiger partial charge in [-0.3, -0.25) is 4.79 Å². The Bertz CT molecular complexity index is 1060. The van der Waals surface area contributed by atoms with E-state index in [2.05, 4.69) is 0 Å². The summed E-state index contributed by atoms with van der Waals surface area (Å²) in [5.74, 6) is -49.3. The molecule has 0 saturated carbocycles. The highest BCUT2D eigenvalue weighted by Gasteiger charge is 2.94. The molecular weight excluding hydrogens is 724 g/mol. The molecule has 0 aliphatic heterocycles. The minimum Gasteiger partial charge on any atom is -0.544 e. The van der Waals surface area contributed by atoms with Gasteiger partial charge in [-0.15, -0.1) is 4.90 Å². The fraction of sp³-hybridized carbons (Fsp3) is 0.889. The average molecular weight is 739 g/mol. The van der Waals surface area contributed by atoms with Crippen LogP contribution in [0.25, 0.3) is 0 Å². The maximum atomic E-state index is 14.5. The van der Waals surface area contributed by atoms with E-state index in [0.717, 1.165) is 14.1 Å². The zero-order valence-corrected chi connectivity index (χ0v) is 21.8. The number of aliphatic carboxylic acids is 1. The van der Waals surface area contributed by atoms with E-state index in [1.165, 1.54) is 0 Å². The highest BCUT2D eigenvalue weighted by Crippen LogP contribution is 2.63. The molecule has 1 amide bonds. The summed E-state index contributed by atoms with van der Waals surface area (Å²) in [5, 5.41) is 11.1. The number of rotatable bonds is 15. The minimum absolute atomic E-state index is 0.509. The normalized spacial score (nSPS) is 15.8. The van der Waals surface area contributed by atoms with Crippen LogP contribution in [0.15, 0.2) is 0 Å². The smallest absolute Gasteiger partial charge is 0.460 e. The first-order valence-corrected chi connectivity index (χ1v) is 10.9. The van der Waals surface area contributed by atoms with Crippen molar-refractivity contribution in [1.82, 2.24) is 10.2 Å². The van der Waals surface area contributed by atoms with Crippen molar-refractivity contribution in [3.63, 3.8) is 0 Å². The number of hydrogen-bond donors (Lipinski definition) is 1. The molecule has 0 fully saturated rings. The highest BCUT2D eigenvalue weighted by molar-refractivity contribution is 5.84. The number of nitrogens with one attached hydrogen (secondary N) is 1. The molecule has 0 heterocycles. The predicted octanol–water partition coefficient (Wildman–Crippen LogP) is 4.70. The van der Waals surface area contributed by atoms with Crippen LogP contribution >= 0.6 is 0 Å². The Hall–Kier alpha value is -2.68. The van der Waals surface area contributed by atoms with Crippen molar-refractivity contribution in [2.75, 3.05) is 33.7 Å². The van der Waals surface area contributed by atoms with Gasteiger partial charge in [-0.1, -0.05) is 0 Å². The number of alkyl halides is 22. The first kappa shape index (κ1) is 43.3. The molecule has 0 saturated heterocycles. The van der Waals surface area contributed by atoms with Crippen LogP contribution in [-0.2, 0) is 9.59 Å². The molecule has 0 bridgehead atoms. The molecule has 0 aromatic rings. The molecule has 28 heteroatoms. The number of hydrogen-bond acceptors (Lipinski definition) is 4. The Balaban J connectivity index is 7.39. The molecule has 0 atom stereocenters. The SMILES string of the molecule is C[N+](C)(CCCNC(=O)C(F)(F)C(F)(F)N(C(F)(F)C(F)(F)C(F)(F)C(F)(F)F)C(F)(F)C(F)(F)C(F)(F)C(F)(F)F)CC(=O)[O-]. The second-order valence-electron chi connectivity index (χ2n) is 9.63. The maximum absolute atomic E-state index is 14.5. The Morgan fingerprint density at radius 1 is 0.587 bits per heavy atom. The number of halogens is 22. The first-order chi connectivity index (χ1) is 19.7. The second-order valence-corrected chi connectivity index (χ2v) is 9.63. The van der Waals surface area contributed by atoms with Crippen molar-refractivity contribution in [3.8, 4) is 0 Å². The summed E-state index contributed by atoms with van der Waals surface area (Å²) in [6.07, 6.45) is -17.3. The van der Waals surface area contributed by atoms with Gasteiger partial charge in [0.2, 0.25) is 0 Å². The Morgan fingerprint density at radius 3 is 1.20 bits per heavy atom.